The Morgan fingerprint density at radius 2 is 1.96 bits per heavy atom. The number of halogens is 4. The number of alkyl halides is 3. The monoisotopic (exact) mass is 431 g/mol. The number of nitrogens with zero attached hydrogens (tertiary/aromatic N) is 3. The zero-order valence-corrected chi connectivity index (χ0v) is 15.8. The minimum absolute atomic E-state index is 0.123. The van der Waals surface area contributed by atoms with E-state index < -0.39 is 18.0 Å². The summed E-state index contributed by atoms with van der Waals surface area (Å²) in [5.74, 6) is 0.197. The van der Waals surface area contributed by atoms with Crippen LogP contribution in [0.15, 0.2) is 36.5 Å². The number of pyridine rings is 1. The molecular formula is C17H13ClF3N3O3S. The highest BCUT2D eigenvalue weighted by Crippen LogP contribution is 2.34. The average Bonchev–Trinajstić information content (AvgIpc) is 3.07. The van der Waals surface area contributed by atoms with E-state index in [-0.39, 0.29) is 17.5 Å². The van der Waals surface area contributed by atoms with E-state index in [4.69, 9.17) is 21.1 Å². The topological polar surface area (TPSA) is 77.4 Å². The maximum Gasteiger partial charge on any atom is 0.417 e. The second-order valence-corrected chi connectivity index (χ2v) is 6.83. The van der Waals surface area contributed by atoms with E-state index in [1.807, 2.05) is 0 Å². The Hall–Kier alpha value is -2.27. The lowest BCUT2D eigenvalue weighted by atomic mass is 10.2. The predicted molar refractivity (Wildman–Crippen MR) is 95.2 cm³/mol. The molecule has 0 aliphatic rings. The number of rotatable bonds is 6. The highest BCUT2D eigenvalue weighted by atomic mass is 35.5. The van der Waals surface area contributed by atoms with Gasteiger partial charge in [-0.25, -0.2) is 4.98 Å². The minimum atomic E-state index is -4.53. The molecule has 148 valence electrons. The van der Waals surface area contributed by atoms with Crippen LogP contribution in [-0.4, -0.2) is 19.7 Å². The number of aliphatic hydroxyl groups is 1. The number of benzene rings is 1. The summed E-state index contributed by atoms with van der Waals surface area (Å²) in [6, 6.07) is 7.28. The summed E-state index contributed by atoms with van der Waals surface area (Å²) in [5.41, 5.74) is 0.387. The van der Waals surface area contributed by atoms with E-state index in [9.17, 15) is 18.3 Å². The summed E-state index contributed by atoms with van der Waals surface area (Å²) in [7, 11) is 0. The van der Waals surface area contributed by atoms with Crippen LogP contribution in [0.3, 0.4) is 0 Å². The number of aromatic nitrogens is 3. The first kappa shape index (κ1) is 20.5. The van der Waals surface area contributed by atoms with Gasteiger partial charge in [0.15, 0.2) is 6.29 Å². The van der Waals surface area contributed by atoms with E-state index >= 15 is 0 Å². The van der Waals surface area contributed by atoms with Crippen LogP contribution >= 0.6 is 23.1 Å². The summed E-state index contributed by atoms with van der Waals surface area (Å²) >= 11 is 6.87. The first-order valence-corrected chi connectivity index (χ1v) is 8.97. The quantitative estimate of drug-likeness (QED) is 0.558. The van der Waals surface area contributed by atoms with Crippen molar-refractivity contribution < 1.29 is 27.8 Å². The highest BCUT2D eigenvalue weighted by Gasteiger charge is 2.31. The van der Waals surface area contributed by atoms with Gasteiger partial charge < -0.3 is 14.6 Å². The Bertz CT molecular complexity index is 951. The molecule has 0 radical (unpaired) electrons. The molecule has 1 N–H and O–H groups in total. The van der Waals surface area contributed by atoms with Gasteiger partial charge in [-0.2, -0.15) is 13.2 Å². The first-order chi connectivity index (χ1) is 13.2. The van der Waals surface area contributed by atoms with Crippen molar-refractivity contribution in [1.29, 1.82) is 0 Å². The van der Waals surface area contributed by atoms with Gasteiger partial charge in [0, 0.05) is 6.20 Å². The van der Waals surface area contributed by atoms with Crippen molar-refractivity contribution in [3.8, 4) is 11.6 Å². The molecule has 0 aliphatic carbocycles. The van der Waals surface area contributed by atoms with Gasteiger partial charge in [0.1, 0.15) is 15.6 Å². The van der Waals surface area contributed by atoms with Crippen LogP contribution in [0.2, 0.25) is 5.02 Å². The van der Waals surface area contributed by atoms with Crippen molar-refractivity contribution in [3.63, 3.8) is 0 Å². The lowest BCUT2D eigenvalue weighted by Crippen LogP contribution is -2.05. The molecule has 0 fully saturated rings. The zero-order valence-electron chi connectivity index (χ0n) is 14.3. The van der Waals surface area contributed by atoms with Crippen LogP contribution in [0, 0.1) is 6.92 Å². The molecule has 0 amide bonds. The van der Waals surface area contributed by atoms with E-state index in [0.29, 0.717) is 22.5 Å². The molecule has 28 heavy (non-hydrogen) atoms. The van der Waals surface area contributed by atoms with Crippen LogP contribution in [0.1, 0.15) is 28.0 Å². The molecular weight excluding hydrogens is 419 g/mol. The van der Waals surface area contributed by atoms with E-state index in [0.717, 1.165) is 23.2 Å². The summed E-state index contributed by atoms with van der Waals surface area (Å²) in [6.07, 6.45) is -5.01. The van der Waals surface area contributed by atoms with Crippen molar-refractivity contribution in [3.05, 3.63) is 63.2 Å². The Morgan fingerprint density at radius 3 is 2.54 bits per heavy atom. The summed E-state index contributed by atoms with van der Waals surface area (Å²) in [5, 5.41) is 13.5. The third-order valence-electron chi connectivity index (χ3n) is 3.59. The maximum absolute atomic E-state index is 12.6. The number of hydrogen-bond acceptors (Lipinski definition) is 7. The van der Waals surface area contributed by atoms with Gasteiger partial charge in [-0.15, -0.1) is 5.10 Å². The third kappa shape index (κ3) is 4.96. The van der Waals surface area contributed by atoms with E-state index in [2.05, 4.69) is 14.6 Å². The molecule has 1 atom stereocenters. The fourth-order valence-corrected chi connectivity index (χ4v) is 2.92. The average molecular weight is 432 g/mol. The van der Waals surface area contributed by atoms with Gasteiger partial charge >= 0.3 is 6.18 Å². The first-order valence-electron chi connectivity index (χ1n) is 7.82. The van der Waals surface area contributed by atoms with Crippen LogP contribution in [0.5, 0.6) is 11.6 Å². The third-order valence-corrected chi connectivity index (χ3v) is 4.72. The molecule has 6 nitrogen and oxygen atoms in total. The lowest BCUT2D eigenvalue weighted by molar-refractivity contribution is -0.137. The molecule has 0 aliphatic heterocycles. The fourth-order valence-electron chi connectivity index (χ4n) is 2.14. The Morgan fingerprint density at radius 1 is 1.25 bits per heavy atom. The van der Waals surface area contributed by atoms with Gasteiger partial charge in [-0.3, -0.25) is 0 Å². The smallest absolute Gasteiger partial charge is 0.417 e. The molecule has 0 saturated heterocycles. The molecule has 0 bridgehead atoms. The van der Waals surface area contributed by atoms with Crippen LogP contribution in [0.4, 0.5) is 13.2 Å². The van der Waals surface area contributed by atoms with Crippen LogP contribution in [0.25, 0.3) is 0 Å². The molecule has 3 rings (SSSR count). The SMILES string of the molecule is Cc1nnsc1C(O)OCc1ccc(Oc2ncc(C(F)(F)F)cc2Cl)cc1. The van der Waals surface area contributed by atoms with E-state index in [1.165, 1.54) is 0 Å². The van der Waals surface area contributed by atoms with Crippen LogP contribution in [-0.2, 0) is 17.5 Å². The van der Waals surface area contributed by atoms with Gasteiger partial charge in [-0.05, 0) is 42.2 Å². The van der Waals surface area contributed by atoms with Gasteiger partial charge in [0.2, 0.25) is 5.88 Å². The maximum atomic E-state index is 12.6. The highest BCUT2D eigenvalue weighted by molar-refractivity contribution is 7.05. The summed E-state index contributed by atoms with van der Waals surface area (Å²) in [6.45, 7) is 1.84. The number of ether oxygens (including phenoxy) is 2. The number of aliphatic hydroxyl groups excluding tert-OH is 1. The molecule has 2 heterocycles. The van der Waals surface area contributed by atoms with Crippen molar-refractivity contribution in [2.75, 3.05) is 0 Å². The van der Waals surface area contributed by atoms with Crippen molar-refractivity contribution >= 4 is 23.1 Å². The molecule has 0 spiro atoms. The minimum Gasteiger partial charge on any atom is -0.438 e. The Labute approximate surface area is 166 Å². The largest absolute Gasteiger partial charge is 0.438 e. The normalized spacial score (nSPS) is 12.8. The second-order valence-electron chi connectivity index (χ2n) is 5.64. The van der Waals surface area contributed by atoms with Crippen molar-refractivity contribution in [1.82, 2.24) is 14.6 Å². The summed E-state index contributed by atoms with van der Waals surface area (Å²) < 4.78 is 52.4. The molecule has 2 aromatic heterocycles. The Kier molecular flexibility index (Phi) is 6.14. The number of aryl methyl sites for hydroxylation is 1. The number of hydrogen-bond donors (Lipinski definition) is 1. The fraction of sp³-hybridized carbons (Fsp3) is 0.235. The molecule has 1 aromatic carbocycles. The molecule has 0 saturated carbocycles. The van der Waals surface area contributed by atoms with Crippen molar-refractivity contribution in [2.45, 2.75) is 26.0 Å². The van der Waals surface area contributed by atoms with E-state index in [1.54, 1.807) is 31.2 Å². The summed E-state index contributed by atoms with van der Waals surface area (Å²) in [4.78, 5) is 4.15. The van der Waals surface area contributed by atoms with Crippen molar-refractivity contribution in [2.24, 2.45) is 0 Å². The van der Waals surface area contributed by atoms with Gasteiger partial charge in [0.25, 0.3) is 0 Å². The lowest BCUT2D eigenvalue weighted by Gasteiger charge is -2.12. The van der Waals surface area contributed by atoms with Gasteiger partial charge in [-0.1, -0.05) is 28.2 Å². The molecule has 3 aromatic rings. The Balaban J connectivity index is 1.61. The standard InChI is InChI=1S/C17H13ClF3N3O3S/c1-9-14(28-24-23-9)16(25)26-8-10-2-4-12(5-3-10)27-15-13(18)6-11(7-22-15)17(19,20)21/h2-7,16,25H,8H2,1H3. The zero-order chi connectivity index (χ0) is 20.3. The molecule has 1 unspecified atom stereocenters. The van der Waals surface area contributed by atoms with Gasteiger partial charge in [0.05, 0.1) is 17.9 Å². The predicted octanol–water partition coefficient (Wildman–Crippen LogP) is 4.91. The van der Waals surface area contributed by atoms with Crippen LogP contribution < -0.4 is 4.74 Å². The molecule has 11 heteroatoms. The second kappa shape index (κ2) is 8.39.